The highest BCUT2D eigenvalue weighted by atomic mass is 16.4. The van der Waals surface area contributed by atoms with Crippen LogP contribution in [0.3, 0.4) is 0 Å². The van der Waals surface area contributed by atoms with Crippen LogP contribution in [-0.4, -0.2) is 82.3 Å². The molecule has 0 aliphatic carbocycles. The normalized spacial score (nSPS) is 13.8. The molecule has 16 heteroatoms. The lowest BCUT2D eigenvalue weighted by atomic mass is 10.0. The predicted octanol–water partition coefficient (Wildman–Crippen LogP) is 7.03. The Morgan fingerprint density at radius 3 is 1.28 bits per heavy atom. The number of aromatic nitrogens is 2. The summed E-state index contributed by atoms with van der Waals surface area (Å²) in [6.07, 6.45) is 10.8. The first-order valence-corrected chi connectivity index (χ1v) is 21.6. The fraction of sp³-hybridized carbons (Fsp3) is 0.375. The van der Waals surface area contributed by atoms with Gasteiger partial charge >= 0.3 is 0 Å². The van der Waals surface area contributed by atoms with Crippen molar-refractivity contribution in [1.29, 1.82) is 10.5 Å². The lowest BCUT2D eigenvalue weighted by Crippen LogP contribution is -2.37. The molecule has 4 heterocycles. The average Bonchev–Trinajstić information content (AvgIpc) is 4.19. The zero-order valence-electron chi connectivity index (χ0n) is 37.0. The summed E-state index contributed by atoms with van der Waals surface area (Å²) < 4.78 is 11.4. The second-order valence-electron chi connectivity index (χ2n) is 15.1. The van der Waals surface area contributed by atoms with Crippen LogP contribution in [-0.2, 0) is 9.59 Å². The summed E-state index contributed by atoms with van der Waals surface area (Å²) in [5.41, 5.74) is 5.55. The minimum absolute atomic E-state index is 0.0980. The van der Waals surface area contributed by atoms with Crippen molar-refractivity contribution in [1.82, 2.24) is 31.2 Å². The van der Waals surface area contributed by atoms with Crippen LogP contribution < -0.4 is 21.3 Å². The van der Waals surface area contributed by atoms with E-state index in [9.17, 15) is 19.2 Å². The molecule has 0 saturated heterocycles. The minimum Gasteiger partial charge on any atom is -0.431 e. The van der Waals surface area contributed by atoms with Gasteiger partial charge in [0.15, 0.2) is 0 Å². The van der Waals surface area contributed by atoms with E-state index in [1.165, 1.54) is 12.4 Å². The lowest BCUT2D eigenvalue weighted by Gasteiger charge is -2.12. The number of nitrogens with zero attached hydrogens (tertiary/aromatic N) is 6. The smallest absolute Gasteiger partial charge is 0.288 e. The Bertz CT molecular complexity index is 2350. The van der Waals surface area contributed by atoms with Gasteiger partial charge in [-0.25, -0.2) is 9.97 Å². The summed E-state index contributed by atoms with van der Waals surface area (Å²) in [5, 5.41) is 29.3. The van der Waals surface area contributed by atoms with E-state index >= 15 is 0 Å². The predicted molar refractivity (Wildman–Crippen MR) is 244 cm³/mol. The van der Waals surface area contributed by atoms with Gasteiger partial charge in [-0.2, -0.15) is 10.5 Å². The molecule has 4 N–H and O–H groups in total. The molecule has 4 amide bonds. The van der Waals surface area contributed by atoms with Crippen LogP contribution in [0.5, 0.6) is 0 Å². The number of benzene rings is 2. The number of carbonyl (C=O) groups is 4. The van der Waals surface area contributed by atoms with Gasteiger partial charge < -0.3 is 30.1 Å². The van der Waals surface area contributed by atoms with Crippen molar-refractivity contribution >= 4 is 46.2 Å². The number of aliphatic imine (C=N–C) groups is 2. The SMILES string of the molecule is CCC(CC)NC(=O)c1cnc(-c2cccc(C3=CC(C(=O)N[C@@H](C#N)CC)=NC3)c2)o1.CCC(CC)NC(=O)c1cnc(-c2cccc(C3=CC(C(=O)N[C@H](C#N)CC)=NC3)c2)o1. The summed E-state index contributed by atoms with van der Waals surface area (Å²) >= 11 is 0. The van der Waals surface area contributed by atoms with Crippen molar-refractivity contribution in [2.45, 2.75) is 104 Å². The zero-order valence-corrected chi connectivity index (χ0v) is 37.0. The number of oxazole rings is 2. The summed E-state index contributed by atoms with van der Waals surface area (Å²) in [7, 11) is 0. The van der Waals surface area contributed by atoms with Gasteiger partial charge in [-0.1, -0.05) is 65.8 Å². The van der Waals surface area contributed by atoms with Crippen LogP contribution >= 0.6 is 0 Å². The van der Waals surface area contributed by atoms with E-state index in [4.69, 9.17) is 19.4 Å². The monoisotopic (exact) mass is 866 g/mol. The van der Waals surface area contributed by atoms with Crippen LogP contribution in [0.1, 0.15) is 112 Å². The van der Waals surface area contributed by atoms with E-state index in [1.54, 1.807) is 12.2 Å². The van der Waals surface area contributed by atoms with Gasteiger partial charge in [-0.15, -0.1) is 0 Å². The molecule has 332 valence electrons. The Kier molecular flexibility index (Phi) is 17.2. The number of carbonyl (C=O) groups excluding carboxylic acids is 4. The van der Waals surface area contributed by atoms with Crippen LogP contribution in [0.2, 0.25) is 0 Å². The molecule has 0 unspecified atom stereocenters. The molecule has 64 heavy (non-hydrogen) atoms. The number of hydrogen-bond acceptors (Lipinski definition) is 12. The van der Waals surface area contributed by atoms with Gasteiger partial charge in [0.2, 0.25) is 23.3 Å². The third-order valence-corrected chi connectivity index (χ3v) is 10.7. The second kappa shape index (κ2) is 23.1. The molecule has 0 spiro atoms. The first-order valence-electron chi connectivity index (χ1n) is 21.6. The Labute approximate surface area is 373 Å². The molecule has 2 aromatic heterocycles. The molecule has 2 aliphatic heterocycles. The maximum Gasteiger partial charge on any atom is 0.288 e. The molecule has 6 rings (SSSR count). The molecule has 0 fully saturated rings. The van der Waals surface area contributed by atoms with Crippen LogP contribution in [0.25, 0.3) is 34.1 Å². The topological polar surface area (TPSA) is 241 Å². The van der Waals surface area contributed by atoms with Crippen LogP contribution in [0.15, 0.2) is 91.9 Å². The van der Waals surface area contributed by atoms with Crippen molar-refractivity contribution in [3.63, 3.8) is 0 Å². The quantitative estimate of drug-likeness (QED) is 0.0796. The highest BCUT2D eigenvalue weighted by Crippen LogP contribution is 2.28. The number of amides is 4. The second-order valence-corrected chi connectivity index (χ2v) is 15.1. The standard InChI is InChI=1S/2C24H27N5O3/c2*1-4-18(5-2)28-23(31)21-14-27-24(32-21)16-9-7-8-15(10-16)17-11-20(26-13-17)22(30)29-19(6-3)12-25/h2*7-11,14,18-19H,4-6,13H2,1-3H3,(H,28,31)(H,29,30)/t2*19-/m10/s1. The van der Waals surface area contributed by atoms with Gasteiger partial charge in [0.05, 0.1) is 37.6 Å². The zero-order chi connectivity index (χ0) is 46.2. The van der Waals surface area contributed by atoms with Crippen LogP contribution in [0.4, 0.5) is 0 Å². The summed E-state index contributed by atoms with van der Waals surface area (Å²) in [6.45, 7) is 12.5. The van der Waals surface area contributed by atoms with E-state index in [2.05, 4.69) is 41.2 Å². The maximum absolute atomic E-state index is 12.4. The molecule has 16 nitrogen and oxygen atoms in total. The molecule has 0 bridgehead atoms. The lowest BCUT2D eigenvalue weighted by molar-refractivity contribution is -0.115. The summed E-state index contributed by atoms with van der Waals surface area (Å²) in [4.78, 5) is 66.5. The Morgan fingerprint density at radius 1 is 0.562 bits per heavy atom. The van der Waals surface area contributed by atoms with Gasteiger partial charge in [-0.05, 0) is 97.2 Å². The number of hydrogen-bond donors (Lipinski definition) is 4. The Hall–Kier alpha value is -7.46. The van der Waals surface area contributed by atoms with E-state index in [-0.39, 0.29) is 47.2 Å². The summed E-state index contributed by atoms with van der Waals surface area (Å²) in [6, 6.07) is 18.3. The van der Waals surface area contributed by atoms with Crippen LogP contribution in [0, 0.1) is 22.7 Å². The van der Waals surface area contributed by atoms with Gasteiger partial charge in [0.25, 0.3) is 23.6 Å². The third-order valence-electron chi connectivity index (χ3n) is 10.7. The fourth-order valence-electron chi connectivity index (χ4n) is 6.62. The number of nitriles is 2. The molecule has 2 aromatic carbocycles. The molecule has 0 saturated carbocycles. The molecular weight excluding hydrogens is 813 g/mol. The largest absolute Gasteiger partial charge is 0.431 e. The van der Waals surface area contributed by atoms with Crippen molar-refractivity contribution in [3.05, 3.63) is 95.7 Å². The summed E-state index contributed by atoms with van der Waals surface area (Å²) in [5.74, 6) is -0.239. The molecular formula is C48H54N10O6. The Balaban J connectivity index is 0.000000241. The molecule has 4 aromatic rings. The van der Waals surface area contributed by atoms with Crippen molar-refractivity contribution < 1.29 is 28.0 Å². The van der Waals surface area contributed by atoms with E-state index in [0.717, 1.165) is 59.1 Å². The average molecular weight is 867 g/mol. The number of rotatable bonds is 18. The fourth-order valence-corrected chi connectivity index (χ4v) is 6.62. The van der Waals surface area contributed by atoms with Crippen molar-refractivity contribution in [3.8, 4) is 35.0 Å². The van der Waals surface area contributed by atoms with E-state index in [1.807, 2.05) is 102 Å². The number of nitrogens with one attached hydrogen (secondary N) is 4. The molecule has 0 radical (unpaired) electrons. The first kappa shape index (κ1) is 47.6. The van der Waals surface area contributed by atoms with E-state index in [0.29, 0.717) is 49.1 Å². The van der Waals surface area contributed by atoms with Crippen molar-refractivity contribution in [2.75, 3.05) is 13.1 Å². The van der Waals surface area contributed by atoms with Crippen molar-refractivity contribution in [2.24, 2.45) is 9.98 Å². The van der Waals surface area contributed by atoms with Gasteiger partial charge in [0, 0.05) is 23.2 Å². The third kappa shape index (κ3) is 12.3. The Morgan fingerprint density at radius 2 is 0.938 bits per heavy atom. The van der Waals surface area contributed by atoms with Gasteiger partial charge in [-0.3, -0.25) is 29.2 Å². The first-order chi connectivity index (χ1) is 31.0. The minimum atomic E-state index is -0.535. The maximum atomic E-state index is 12.4. The highest BCUT2D eigenvalue weighted by Gasteiger charge is 2.23. The van der Waals surface area contributed by atoms with Gasteiger partial charge in [0.1, 0.15) is 23.5 Å². The molecule has 2 atom stereocenters. The highest BCUT2D eigenvalue weighted by molar-refractivity contribution is 6.46. The van der Waals surface area contributed by atoms with E-state index < -0.39 is 12.1 Å². The molecule has 2 aliphatic rings.